The molecule has 1 N–H and O–H groups in total. The zero-order valence-corrected chi connectivity index (χ0v) is 11.5. The molecule has 0 saturated heterocycles. The fourth-order valence-electron chi connectivity index (χ4n) is 1.84. The summed E-state index contributed by atoms with van der Waals surface area (Å²) in [6.07, 6.45) is 3.01. The molecule has 4 heteroatoms. The second kappa shape index (κ2) is 6.05. The number of aliphatic hydroxyl groups is 1. The minimum absolute atomic E-state index is 0.268. The van der Waals surface area contributed by atoms with E-state index in [1.54, 1.807) is 13.3 Å². The molecule has 0 aliphatic carbocycles. The van der Waals surface area contributed by atoms with E-state index < -0.39 is 0 Å². The maximum atomic E-state index is 9.85. The van der Waals surface area contributed by atoms with Crippen molar-refractivity contribution < 1.29 is 9.84 Å². The van der Waals surface area contributed by atoms with Crippen LogP contribution in [-0.2, 0) is 6.42 Å². The molecule has 1 aromatic rings. The average molecular weight is 240 g/mol. The predicted molar refractivity (Wildman–Crippen MR) is 68.3 cm³/mol. The molecule has 0 bridgehead atoms. The van der Waals surface area contributed by atoms with Crippen LogP contribution in [0.1, 0.15) is 45.9 Å². The van der Waals surface area contributed by atoms with Crippen molar-refractivity contribution in [2.24, 2.45) is 5.92 Å². The smallest absolute Gasteiger partial charge is 0.159 e. The minimum atomic E-state index is -0.268. The summed E-state index contributed by atoms with van der Waals surface area (Å²) in [5, 5.41) is 14.2. The van der Waals surface area contributed by atoms with Gasteiger partial charge in [0.25, 0.3) is 0 Å². The Morgan fingerprint density at radius 2 is 2.00 bits per heavy atom. The van der Waals surface area contributed by atoms with Gasteiger partial charge in [-0.15, -0.1) is 0 Å². The molecule has 0 aromatic carbocycles. The first-order valence-corrected chi connectivity index (χ1v) is 6.25. The van der Waals surface area contributed by atoms with Gasteiger partial charge in [0.15, 0.2) is 5.75 Å². The molecule has 0 amide bonds. The van der Waals surface area contributed by atoms with Crippen LogP contribution in [0.3, 0.4) is 0 Å². The first-order chi connectivity index (χ1) is 7.97. The molecule has 0 fully saturated rings. The molecule has 1 atom stereocenters. The van der Waals surface area contributed by atoms with E-state index in [0.717, 1.165) is 24.3 Å². The summed E-state index contributed by atoms with van der Waals surface area (Å²) in [6, 6.07) is 0.310. The van der Waals surface area contributed by atoms with Crippen LogP contribution in [0.25, 0.3) is 0 Å². The van der Waals surface area contributed by atoms with Crippen LogP contribution in [0.4, 0.5) is 0 Å². The fourth-order valence-corrected chi connectivity index (χ4v) is 1.84. The highest BCUT2D eigenvalue weighted by molar-refractivity contribution is 5.25. The maximum Gasteiger partial charge on any atom is 0.159 e. The number of rotatable bonds is 6. The summed E-state index contributed by atoms with van der Waals surface area (Å²) >= 11 is 0. The molecular weight excluding hydrogens is 216 g/mol. The Bertz CT molecular complexity index is 345. The average Bonchev–Trinajstić information content (AvgIpc) is 2.68. The van der Waals surface area contributed by atoms with E-state index in [1.165, 1.54) is 0 Å². The van der Waals surface area contributed by atoms with Crippen molar-refractivity contribution in [3.63, 3.8) is 0 Å². The number of methoxy groups -OCH3 is 1. The highest BCUT2D eigenvalue weighted by Gasteiger charge is 2.16. The summed E-state index contributed by atoms with van der Waals surface area (Å²) in [7, 11) is 1.66. The topological polar surface area (TPSA) is 47.3 Å². The highest BCUT2D eigenvalue weighted by Crippen LogP contribution is 2.23. The van der Waals surface area contributed by atoms with Crippen LogP contribution in [0, 0.1) is 5.92 Å². The normalized spacial score (nSPS) is 13.4. The third-order valence-corrected chi connectivity index (χ3v) is 3.02. The number of aliphatic hydroxyl groups excluding tert-OH is 1. The Morgan fingerprint density at radius 1 is 1.35 bits per heavy atom. The molecule has 1 unspecified atom stereocenters. The lowest BCUT2D eigenvalue weighted by molar-refractivity contribution is 0.115. The molecule has 17 heavy (non-hydrogen) atoms. The van der Waals surface area contributed by atoms with E-state index in [-0.39, 0.29) is 12.0 Å². The zero-order valence-electron chi connectivity index (χ0n) is 11.5. The number of hydrogen-bond donors (Lipinski definition) is 1. The molecular formula is C13H24N2O2. The van der Waals surface area contributed by atoms with Crippen LogP contribution in [0.5, 0.6) is 5.75 Å². The first-order valence-electron chi connectivity index (χ1n) is 6.25. The van der Waals surface area contributed by atoms with Crippen LogP contribution in [-0.4, -0.2) is 28.1 Å². The van der Waals surface area contributed by atoms with Gasteiger partial charge in [0.2, 0.25) is 0 Å². The highest BCUT2D eigenvalue weighted by atomic mass is 16.5. The third-order valence-electron chi connectivity index (χ3n) is 3.02. The molecule has 1 aromatic heterocycles. The van der Waals surface area contributed by atoms with E-state index in [9.17, 15) is 5.11 Å². The van der Waals surface area contributed by atoms with Gasteiger partial charge in [0.05, 0.1) is 25.1 Å². The summed E-state index contributed by atoms with van der Waals surface area (Å²) in [6.45, 7) is 8.24. The number of ether oxygens (including phenoxy) is 1. The lowest BCUT2D eigenvalue weighted by Gasteiger charge is -2.16. The lowest BCUT2D eigenvalue weighted by Crippen LogP contribution is -2.17. The van der Waals surface area contributed by atoms with Crippen LogP contribution >= 0.6 is 0 Å². The Balaban J connectivity index is 2.77. The van der Waals surface area contributed by atoms with Crippen LogP contribution in [0.15, 0.2) is 6.20 Å². The maximum absolute atomic E-state index is 9.85. The molecule has 1 heterocycles. The van der Waals surface area contributed by atoms with Crippen molar-refractivity contribution in [2.75, 3.05) is 7.11 Å². The van der Waals surface area contributed by atoms with Gasteiger partial charge < -0.3 is 9.84 Å². The van der Waals surface area contributed by atoms with E-state index in [1.807, 2.05) is 18.5 Å². The fraction of sp³-hybridized carbons (Fsp3) is 0.769. The second-order valence-corrected chi connectivity index (χ2v) is 5.05. The monoisotopic (exact) mass is 240 g/mol. The molecule has 4 nitrogen and oxygen atoms in total. The number of hydrogen-bond acceptors (Lipinski definition) is 3. The summed E-state index contributed by atoms with van der Waals surface area (Å²) in [5.74, 6) is 1.10. The Kier molecular flexibility index (Phi) is 5.00. The van der Waals surface area contributed by atoms with Crippen molar-refractivity contribution in [3.05, 3.63) is 11.9 Å². The quantitative estimate of drug-likeness (QED) is 0.830. The SMILES string of the molecule is COc1cnn(C(C)C)c1CCC(O)C(C)C. The Labute approximate surface area is 104 Å². The standard InChI is InChI=1S/C13H24N2O2/c1-9(2)12(16)7-6-11-13(17-5)8-14-15(11)10(3)4/h8-10,12,16H,6-7H2,1-5H3. The summed E-state index contributed by atoms with van der Waals surface area (Å²) in [5.41, 5.74) is 1.07. The van der Waals surface area contributed by atoms with E-state index in [0.29, 0.717) is 6.04 Å². The molecule has 0 radical (unpaired) electrons. The summed E-state index contributed by atoms with van der Waals surface area (Å²) < 4.78 is 7.27. The molecule has 0 spiro atoms. The lowest BCUT2D eigenvalue weighted by atomic mass is 10.0. The molecule has 0 aliphatic rings. The predicted octanol–water partition coefficient (Wildman–Crippen LogP) is 2.42. The number of aromatic nitrogens is 2. The number of nitrogens with zero attached hydrogens (tertiary/aromatic N) is 2. The van der Waals surface area contributed by atoms with Gasteiger partial charge in [-0.25, -0.2) is 0 Å². The third kappa shape index (κ3) is 3.46. The van der Waals surface area contributed by atoms with Crippen molar-refractivity contribution >= 4 is 0 Å². The van der Waals surface area contributed by atoms with Gasteiger partial charge in [-0.1, -0.05) is 13.8 Å². The van der Waals surface area contributed by atoms with Crippen molar-refractivity contribution in [3.8, 4) is 5.75 Å². The molecule has 98 valence electrons. The van der Waals surface area contributed by atoms with Gasteiger partial charge >= 0.3 is 0 Å². The van der Waals surface area contributed by atoms with E-state index in [2.05, 4.69) is 18.9 Å². The van der Waals surface area contributed by atoms with E-state index >= 15 is 0 Å². The van der Waals surface area contributed by atoms with Crippen molar-refractivity contribution in [1.82, 2.24) is 9.78 Å². The Morgan fingerprint density at radius 3 is 2.47 bits per heavy atom. The van der Waals surface area contributed by atoms with Crippen LogP contribution < -0.4 is 4.74 Å². The molecule has 0 aliphatic heterocycles. The summed E-state index contributed by atoms with van der Waals surface area (Å²) in [4.78, 5) is 0. The largest absolute Gasteiger partial charge is 0.493 e. The second-order valence-electron chi connectivity index (χ2n) is 5.05. The molecule has 0 saturated carbocycles. The van der Waals surface area contributed by atoms with Crippen molar-refractivity contribution in [2.45, 2.75) is 52.7 Å². The van der Waals surface area contributed by atoms with Crippen LogP contribution in [0.2, 0.25) is 0 Å². The van der Waals surface area contributed by atoms with Gasteiger partial charge in [0.1, 0.15) is 0 Å². The van der Waals surface area contributed by atoms with E-state index in [4.69, 9.17) is 4.74 Å². The van der Waals surface area contributed by atoms with Gasteiger partial charge in [-0.2, -0.15) is 5.10 Å². The first kappa shape index (κ1) is 14.0. The van der Waals surface area contributed by atoms with Gasteiger partial charge in [-0.05, 0) is 32.6 Å². The van der Waals surface area contributed by atoms with Crippen molar-refractivity contribution in [1.29, 1.82) is 0 Å². The Hall–Kier alpha value is -1.03. The van der Waals surface area contributed by atoms with Gasteiger partial charge in [-0.3, -0.25) is 4.68 Å². The minimum Gasteiger partial charge on any atom is -0.493 e. The zero-order chi connectivity index (χ0) is 13.0. The van der Waals surface area contributed by atoms with Gasteiger partial charge in [0, 0.05) is 6.04 Å². The molecule has 1 rings (SSSR count).